The zero-order chi connectivity index (χ0) is 9.98. The molecule has 0 amide bonds. The highest BCUT2D eigenvalue weighted by atomic mass is 16.7. The van der Waals surface area contributed by atoms with Gasteiger partial charge < -0.3 is 14.2 Å². The number of carbonyl (C=O) groups excluding carboxylic acids is 2. The van der Waals surface area contributed by atoms with Crippen molar-refractivity contribution in [3.05, 3.63) is 0 Å². The van der Waals surface area contributed by atoms with E-state index in [0.717, 1.165) is 0 Å². The highest BCUT2D eigenvalue weighted by molar-refractivity contribution is 5.65. The highest BCUT2D eigenvalue weighted by Crippen LogP contribution is 1.77. The van der Waals surface area contributed by atoms with Gasteiger partial charge in [0.25, 0.3) is 0 Å². The van der Waals surface area contributed by atoms with Crippen LogP contribution in [0.1, 0.15) is 13.8 Å². The van der Waals surface area contributed by atoms with E-state index in [0.29, 0.717) is 6.61 Å². The van der Waals surface area contributed by atoms with Gasteiger partial charge in [0, 0.05) is 6.92 Å². The number of methoxy groups -OCH3 is 2. The van der Waals surface area contributed by atoms with Crippen LogP contribution in [-0.4, -0.2) is 33.0 Å². The van der Waals surface area contributed by atoms with E-state index < -0.39 is 6.16 Å². The molecule has 0 N–H and O–H groups in total. The third-order valence-corrected chi connectivity index (χ3v) is 0.716. The van der Waals surface area contributed by atoms with Crippen molar-refractivity contribution in [2.45, 2.75) is 13.8 Å². The van der Waals surface area contributed by atoms with Gasteiger partial charge in [0.2, 0.25) is 0 Å². The molecule has 5 nitrogen and oxygen atoms in total. The van der Waals surface area contributed by atoms with Crippen molar-refractivity contribution in [2.24, 2.45) is 0 Å². The van der Waals surface area contributed by atoms with Crippen molar-refractivity contribution in [3.8, 4) is 0 Å². The lowest BCUT2D eigenvalue weighted by atomic mass is 10.8. The largest absolute Gasteiger partial charge is 0.507 e. The predicted molar refractivity (Wildman–Crippen MR) is 41.7 cm³/mol. The van der Waals surface area contributed by atoms with E-state index in [1.54, 1.807) is 6.92 Å². The molecular formula is C7H14O5. The number of rotatable bonds is 1. The van der Waals surface area contributed by atoms with E-state index in [-0.39, 0.29) is 5.97 Å². The summed E-state index contributed by atoms with van der Waals surface area (Å²) < 4.78 is 12.6. The van der Waals surface area contributed by atoms with Crippen LogP contribution in [0.5, 0.6) is 0 Å². The second-order valence-corrected chi connectivity index (χ2v) is 1.58. The minimum atomic E-state index is -0.623. The summed E-state index contributed by atoms with van der Waals surface area (Å²) in [6.07, 6.45) is -0.623. The highest BCUT2D eigenvalue weighted by Gasteiger charge is 1.92. The summed E-state index contributed by atoms with van der Waals surface area (Å²) in [7, 11) is 2.63. The van der Waals surface area contributed by atoms with E-state index in [4.69, 9.17) is 0 Å². The first-order valence-electron chi connectivity index (χ1n) is 3.33. The second-order valence-electron chi connectivity index (χ2n) is 1.58. The van der Waals surface area contributed by atoms with Crippen molar-refractivity contribution in [3.63, 3.8) is 0 Å². The molecule has 0 heterocycles. The van der Waals surface area contributed by atoms with Crippen molar-refractivity contribution in [2.75, 3.05) is 20.8 Å². The molecule has 0 radical (unpaired) electrons. The third-order valence-electron chi connectivity index (χ3n) is 0.716. The van der Waals surface area contributed by atoms with Gasteiger partial charge in [-0.2, -0.15) is 0 Å². The minimum Gasteiger partial charge on any atom is -0.469 e. The minimum absolute atomic E-state index is 0.245. The van der Waals surface area contributed by atoms with Gasteiger partial charge in [-0.05, 0) is 6.92 Å². The fourth-order valence-corrected chi connectivity index (χ4v) is 0.177. The molecule has 0 aliphatic carbocycles. The molecule has 0 aliphatic heterocycles. The van der Waals surface area contributed by atoms with Crippen molar-refractivity contribution in [1.82, 2.24) is 0 Å². The molecular weight excluding hydrogens is 164 g/mol. The van der Waals surface area contributed by atoms with E-state index in [2.05, 4.69) is 14.2 Å². The molecule has 0 saturated carbocycles. The number of carbonyl (C=O) groups is 2. The van der Waals surface area contributed by atoms with Gasteiger partial charge in [0.15, 0.2) is 0 Å². The molecule has 12 heavy (non-hydrogen) atoms. The van der Waals surface area contributed by atoms with Crippen LogP contribution in [0.2, 0.25) is 0 Å². The first kappa shape index (κ1) is 13.3. The maximum absolute atomic E-state index is 9.97. The monoisotopic (exact) mass is 178 g/mol. The fourth-order valence-electron chi connectivity index (χ4n) is 0.177. The number of hydrogen-bond acceptors (Lipinski definition) is 5. The van der Waals surface area contributed by atoms with Gasteiger partial charge in [-0.3, -0.25) is 4.79 Å². The molecule has 0 unspecified atom stereocenters. The lowest BCUT2D eigenvalue weighted by Gasteiger charge is -1.94. The van der Waals surface area contributed by atoms with E-state index in [1.807, 2.05) is 0 Å². The molecule has 0 rings (SSSR count). The Hall–Kier alpha value is -1.26. The van der Waals surface area contributed by atoms with Crippen LogP contribution in [0.3, 0.4) is 0 Å². The predicted octanol–water partition coefficient (Wildman–Crippen LogP) is 0.969. The van der Waals surface area contributed by atoms with Crippen molar-refractivity contribution < 1.29 is 23.8 Å². The van der Waals surface area contributed by atoms with E-state index >= 15 is 0 Å². The van der Waals surface area contributed by atoms with E-state index in [1.165, 1.54) is 21.1 Å². The Morgan fingerprint density at radius 1 is 1.17 bits per heavy atom. The molecule has 0 aliphatic rings. The Labute approximate surface area is 71.6 Å². The van der Waals surface area contributed by atoms with Crippen LogP contribution in [0.25, 0.3) is 0 Å². The normalized spacial score (nSPS) is 7.33. The number of esters is 1. The number of hydrogen-bond donors (Lipinski definition) is 0. The Balaban J connectivity index is 0. The van der Waals surface area contributed by atoms with Gasteiger partial charge in [-0.1, -0.05) is 0 Å². The topological polar surface area (TPSA) is 61.8 Å². The van der Waals surface area contributed by atoms with Gasteiger partial charge >= 0.3 is 12.1 Å². The zero-order valence-electron chi connectivity index (χ0n) is 7.75. The molecule has 0 atom stereocenters. The van der Waals surface area contributed by atoms with Crippen LogP contribution in [0.4, 0.5) is 4.79 Å². The molecule has 0 spiro atoms. The summed E-state index contributed by atoms with van der Waals surface area (Å²) in [6.45, 7) is 3.45. The summed E-state index contributed by atoms with van der Waals surface area (Å²) in [5, 5.41) is 0. The zero-order valence-corrected chi connectivity index (χ0v) is 7.75. The number of ether oxygens (including phenoxy) is 3. The van der Waals surface area contributed by atoms with Gasteiger partial charge in [0.05, 0.1) is 20.8 Å². The molecule has 0 saturated heterocycles. The molecule has 0 bridgehead atoms. The summed E-state index contributed by atoms with van der Waals surface area (Å²) in [5.41, 5.74) is 0. The van der Waals surface area contributed by atoms with Gasteiger partial charge in [0.1, 0.15) is 0 Å². The lowest BCUT2D eigenvalue weighted by molar-refractivity contribution is -0.137. The van der Waals surface area contributed by atoms with Crippen LogP contribution < -0.4 is 0 Å². The molecule has 72 valence electrons. The Bertz CT molecular complexity index is 132. The smallest absolute Gasteiger partial charge is 0.469 e. The summed E-state index contributed by atoms with van der Waals surface area (Å²) >= 11 is 0. The molecule has 0 aromatic carbocycles. The molecule has 5 heteroatoms. The van der Waals surface area contributed by atoms with Crippen LogP contribution in [-0.2, 0) is 19.0 Å². The average Bonchev–Trinajstić information content (AvgIpc) is 2.06. The maximum Gasteiger partial charge on any atom is 0.507 e. The van der Waals surface area contributed by atoms with Crippen LogP contribution in [0.15, 0.2) is 0 Å². The quantitative estimate of drug-likeness (QED) is 0.560. The first-order chi connectivity index (χ1) is 5.58. The van der Waals surface area contributed by atoms with Crippen molar-refractivity contribution >= 4 is 12.1 Å². The van der Waals surface area contributed by atoms with Crippen LogP contribution >= 0.6 is 0 Å². The Kier molecular flexibility index (Phi) is 10.8. The molecule has 0 aromatic rings. The standard InChI is InChI=1S/C4H8O3.C3H6O2/c1-3-7-4(5)6-2;1-3(4)5-2/h3H2,1-2H3;1-2H3. The average molecular weight is 178 g/mol. The van der Waals surface area contributed by atoms with Gasteiger partial charge in [-0.25, -0.2) is 4.79 Å². The Morgan fingerprint density at radius 3 is 1.67 bits per heavy atom. The summed E-state index contributed by atoms with van der Waals surface area (Å²) in [5.74, 6) is -0.245. The molecule has 0 aromatic heterocycles. The lowest BCUT2D eigenvalue weighted by Crippen LogP contribution is -2.02. The Morgan fingerprint density at radius 2 is 1.58 bits per heavy atom. The third kappa shape index (κ3) is 15.9. The van der Waals surface area contributed by atoms with E-state index in [9.17, 15) is 9.59 Å². The van der Waals surface area contributed by atoms with Crippen molar-refractivity contribution in [1.29, 1.82) is 0 Å². The van der Waals surface area contributed by atoms with Crippen LogP contribution in [0, 0.1) is 0 Å². The maximum atomic E-state index is 9.97. The first-order valence-corrected chi connectivity index (χ1v) is 3.33. The summed E-state index contributed by atoms with van der Waals surface area (Å²) in [6, 6.07) is 0. The fraction of sp³-hybridized carbons (Fsp3) is 0.714. The SMILES string of the molecule is CCOC(=O)OC.COC(C)=O. The second kappa shape index (κ2) is 9.74. The molecule has 0 fully saturated rings. The van der Waals surface area contributed by atoms with Gasteiger partial charge in [-0.15, -0.1) is 0 Å². The summed E-state index contributed by atoms with van der Waals surface area (Å²) in [4.78, 5) is 19.6.